The van der Waals surface area contributed by atoms with Gasteiger partial charge in [0.05, 0.1) is 10.4 Å². The lowest BCUT2D eigenvalue weighted by atomic mass is 9.68. The minimum Gasteiger partial charge on any atom is -0.392 e. The molecular formula is C14H16F2N2OS. The van der Waals surface area contributed by atoms with Crippen LogP contribution >= 0.6 is 12.2 Å². The molecular weight excluding hydrogens is 282 g/mol. The Bertz CT molecular complexity index is 524. The zero-order valence-corrected chi connectivity index (χ0v) is 11.7. The average molecular weight is 298 g/mol. The normalized spacial score (nSPS) is 16.3. The van der Waals surface area contributed by atoms with Gasteiger partial charge < -0.3 is 11.1 Å². The van der Waals surface area contributed by atoms with E-state index in [9.17, 15) is 13.6 Å². The number of nitrogens with two attached hydrogens (primary N) is 1. The first-order valence-corrected chi connectivity index (χ1v) is 6.88. The molecule has 0 radical (unpaired) electrons. The van der Waals surface area contributed by atoms with E-state index in [1.54, 1.807) is 0 Å². The molecule has 0 bridgehead atoms. The number of halogens is 2. The van der Waals surface area contributed by atoms with E-state index in [1.165, 1.54) is 12.1 Å². The van der Waals surface area contributed by atoms with Crippen molar-refractivity contribution in [3.05, 3.63) is 35.4 Å². The van der Waals surface area contributed by atoms with Crippen molar-refractivity contribution < 1.29 is 13.6 Å². The first-order chi connectivity index (χ1) is 9.44. The summed E-state index contributed by atoms with van der Waals surface area (Å²) in [5, 5.41) is 2.74. The van der Waals surface area contributed by atoms with Crippen LogP contribution in [0.25, 0.3) is 0 Å². The van der Waals surface area contributed by atoms with Gasteiger partial charge in [-0.25, -0.2) is 8.78 Å². The molecule has 0 aliphatic heterocycles. The molecule has 6 heteroatoms. The summed E-state index contributed by atoms with van der Waals surface area (Å²) in [6, 6.07) is 3.32. The highest BCUT2D eigenvalue weighted by Gasteiger charge is 2.46. The van der Waals surface area contributed by atoms with E-state index in [0.29, 0.717) is 31.4 Å². The number of nitrogens with one attached hydrogen (secondary N) is 1. The van der Waals surface area contributed by atoms with E-state index in [2.05, 4.69) is 5.32 Å². The fraction of sp³-hybridized carbons (Fsp3) is 0.429. The van der Waals surface area contributed by atoms with Crippen LogP contribution in [0, 0.1) is 17.0 Å². The second-order valence-electron chi connectivity index (χ2n) is 5.08. The minimum absolute atomic E-state index is 0.187. The standard InChI is InChI=1S/C14H16F2N2OS/c15-10-6-9(7-11(16)8-10)2-5-18-13(19)14(12(17)20)3-1-4-14/h6-8H,1-5H2,(H2,17,20)(H,18,19). The third kappa shape index (κ3) is 2.95. The Labute approximate surface area is 121 Å². The van der Waals surface area contributed by atoms with E-state index in [0.717, 1.165) is 12.5 Å². The molecule has 1 aromatic rings. The molecule has 0 heterocycles. The van der Waals surface area contributed by atoms with Crippen LogP contribution in [-0.2, 0) is 11.2 Å². The minimum atomic E-state index is -0.720. The van der Waals surface area contributed by atoms with E-state index in [4.69, 9.17) is 18.0 Å². The fourth-order valence-electron chi connectivity index (χ4n) is 2.36. The van der Waals surface area contributed by atoms with E-state index < -0.39 is 17.0 Å². The van der Waals surface area contributed by atoms with Gasteiger partial charge in [0.2, 0.25) is 5.91 Å². The van der Waals surface area contributed by atoms with Crippen LogP contribution in [0.5, 0.6) is 0 Å². The van der Waals surface area contributed by atoms with Crippen LogP contribution in [0.15, 0.2) is 18.2 Å². The van der Waals surface area contributed by atoms with E-state index in [-0.39, 0.29) is 10.9 Å². The highest BCUT2D eigenvalue weighted by molar-refractivity contribution is 7.80. The Morgan fingerprint density at radius 3 is 2.35 bits per heavy atom. The molecule has 3 nitrogen and oxygen atoms in total. The summed E-state index contributed by atoms with van der Waals surface area (Å²) < 4.78 is 26.0. The summed E-state index contributed by atoms with van der Waals surface area (Å²) in [7, 11) is 0. The average Bonchev–Trinajstić information content (AvgIpc) is 2.25. The zero-order chi connectivity index (χ0) is 14.8. The molecule has 0 atom stereocenters. The third-order valence-corrected chi connectivity index (χ3v) is 4.13. The number of hydrogen-bond donors (Lipinski definition) is 2. The Morgan fingerprint density at radius 1 is 1.30 bits per heavy atom. The quantitative estimate of drug-likeness (QED) is 0.818. The number of benzene rings is 1. The van der Waals surface area contributed by atoms with Crippen LogP contribution < -0.4 is 11.1 Å². The van der Waals surface area contributed by atoms with Crippen LogP contribution in [0.2, 0.25) is 0 Å². The van der Waals surface area contributed by atoms with Gasteiger partial charge in [0.25, 0.3) is 0 Å². The van der Waals surface area contributed by atoms with Crippen molar-refractivity contribution in [2.24, 2.45) is 11.1 Å². The largest absolute Gasteiger partial charge is 0.392 e. The number of carbonyl (C=O) groups is 1. The van der Waals surface area contributed by atoms with Crippen molar-refractivity contribution in [2.75, 3.05) is 6.54 Å². The molecule has 3 N–H and O–H groups in total. The fourth-order valence-corrected chi connectivity index (χ4v) is 2.66. The molecule has 20 heavy (non-hydrogen) atoms. The molecule has 0 spiro atoms. The summed E-state index contributed by atoms with van der Waals surface area (Å²) >= 11 is 4.95. The predicted octanol–water partition coefficient (Wildman–Crippen LogP) is 2.08. The number of amides is 1. The summed E-state index contributed by atoms with van der Waals surface area (Å²) in [6.45, 7) is 0.298. The number of rotatable bonds is 5. The van der Waals surface area contributed by atoms with E-state index >= 15 is 0 Å². The topological polar surface area (TPSA) is 55.1 Å². The van der Waals surface area contributed by atoms with Gasteiger partial charge in [-0.3, -0.25) is 4.79 Å². The van der Waals surface area contributed by atoms with Gasteiger partial charge in [-0.2, -0.15) is 0 Å². The first kappa shape index (κ1) is 14.8. The molecule has 1 aromatic carbocycles. The third-order valence-electron chi connectivity index (χ3n) is 3.73. The van der Waals surface area contributed by atoms with Crippen LogP contribution in [0.3, 0.4) is 0 Å². The Morgan fingerprint density at radius 2 is 1.90 bits per heavy atom. The SMILES string of the molecule is NC(=S)C1(C(=O)NCCc2cc(F)cc(F)c2)CCC1. The van der Waals surface area contributed by atoms with Crippen molar-refractivity contribution in [1.29, 1.82) is 0 Å². The van der Waals surface area contributed by atoms with Crippen molar-refractivity contribution in [1.82, 2.24) is 5.32 Å². The van der Waals surface area contributed by atoms with Gasteiger partial charge >= 0.3 is 0 Å². The van der Waals surface area contributed by atoms with Crippen molar-refractivity contribution in [2.45, 2.75) is 25.7 Å². The van der Waals surface area contributed by atoms with Gasteiger partial charge in [-0.1, -0.05) is 18.6 Å². The first-order valence-electron chi connectivity index (χ1n) is 6.47. The van der Waals surface area contributed by atoms with Crippen LogP contribution in [0.4, 0.5) is 8.78 Å². The van der Waals surface area contributed by atoms with E-state index in [1.807, 2.05) is 0 Å². The molecule has 2 rings (SSSR count). The maximum atomic E-state index is 13.0. The summed E-state index contributed by atoms with van der Waals surface area (Å²) in [5.41, 5.74) is 5.41. The van der Waals surface area contributed by atoms with Gasteiger partial charge in [0, 0.05) is 12.6 Å². The van der Waals surface area contributed by atoms with Crippen molar-refractivity contribution in [3.63, 3.8) is 0 Å². The molecule has 1 saturated carbocycles. The number of carbonyl (C=O) groups excluding carboxylic acids is 1. The predicted molar refractivity (Wildman–Crippen MR) is 76.1 cm³/mol. The Hall–Kier alpha value is -1.56. The second kappa shape index (κ2) is 5.83. The number of thiocarbonyl (C=S) groups is 1. The zero-order valence-electron chi connectivity index (χ0n) is 10.9. The van der Waals surface area contributed by atoms with Gasteiger partial charge in [0.1, 0.15) is 11.6 Å². The molecule has 1 amide bonds. The van der Waals surface area contributed by atoms with Gasteiger partial charge in [-0.15, -0.1) is 0 Å². The molecule has 0 saturated heterocycles. The summed E-state index contributed by atoms with van der Waals surface area (Å²) in [4.78, 5) is 12.3. The van der Waals surface area contributed by atoms with Crippen molar-refractivity contribution >= 4 is 23.1 Å². The molecule has 1 aliphatic rings. The smallest absolute Gasteiger partial charge is 0.233 e. The highest BCUT2D eigenvalue weighted by Crippen LogP contribution is 2.41. The second-order valence-corrected chi connectivity index (χ2v) is 5.52. The molecule has 0 aromatic heterocycles. The van der Waals surface area contributed by atoms with Gasteiger partial charge in [0.15, 0.2) is 0 Å². The molecule has 0 unspecified atom stereocenters. The molecule has 1 aliphatic carbocycles. The maximum Gasteiger partial charge on any atom is 0.233 e. The summed E-state index contributed by atoms with van der Waals surface area (Å²) in [5.74, 6) is -1.43. The maximum absolute atomic E-state index is 13.0. The van der Waals surface area contributed by atoms with Crippen LogP contribution in [-0.4, -0.2) is 17.4 Å². The summed E-state index contributed by atoms with van der Waals surface area (Å²) in [6.07, 6.45) is 2.62. The lowest BCUT2D eigenvalue weighted by Crippen LogP contribution is -2.53. The van der Waals surface area contributed by atoms with Crippen LogP contribution in [0.1, 0.15) is 24.8 Å². The number of hydrogen-bond acceptors (Lipinski definition) is 2. The lowest BCUT2D eigenvalue weighted by molar-refractivity contribution is -0.130. The van der Waals surface area contributed by atoms with Crippen molar-refractivity contribution in [3.8, 4) is 0 Å². The highest BCUT2D eigenvalue weighted by atomic mass is 32.1. The van der Waals surface area contributed by atoms with Gasteiger partial charge in [-0.05, 0) is 37.0 Å². The lowest BCUT2D eigenvalue weighted by Gasteiger charge is -2.39. The molecule has 108 valence electrons. The monoisotopic (exact) mass is 298 g/mol. The molecule has 1 fully saturated rings. The Balaban J connectivity index is 1.89. The Kier molecular flexibility index (Phi) is 4.32.